The molecule has 0 radical (unpaired) electrons. The van der Waals surface area contributed by atoms with E-state index in [0.29, 0.717) is 35.4 Å². The normalized spacial score (nSPS) is 21.0. The van der Waals surface area contributed by atoms with Crippen LogP contribution in [0.4, 0.5) is 0 Å². The van der Waals surface area contributed by atoms with Crippen molar-refractivity contribution in [1.29, 1.82) is 0 Å². The number of ether oxygens (including phenoxy) is 2. The number of dihydropyridines is 1. The van der Waals surface area contributed by atoms with Gasteiger partial charge in [-0.25, -0.2) is 4.79 Å². The summed E-state index contributed by atoms with van der Waals surface area (Å²) in [5.74, 6) is 0.510. The van der Waals surface area contributed by atoms with E-state index in [1.165, 1.54) is 0 Å². The number of allylic oxidation sites excluding steroid dienone is 3. The van der Waals surface area contributed by atoms with Crippen LogP contribution in [0.1, 0.15) is 49.8 Å². The molecule has 1 aromatic carbocycles. The molecular weight excluding hydrogens is 462 g/mol. The Balaban J connectivity index is 1.83. The first-order valence-electron chi connectivity index (χ1n) is 10.2. The minimum absolute atomic E-state index is 0.00129. The second-order valence-electron chi connectivity index (χ2n) is 7.65. The van der Waals surface area contributed by atoms with Gasteiger partial charge in [0.15, 0.2) is 5.78 Å². The zero-order valence-electron chi connectivity index (χ0n) is 17.7. The fourth-order valence-corrected chi connectivity index (χ4v) is 5.00. The SMILES string of the molecule is CCOC(=O)C1=C(C)NC2=C(C(=O)C[C@H](c3ccco3)C2)[C@@H]1c1ccc(OC)c(Br)c1. The van der Waals surface area contributed by atoms with Crippen LogP contribution in [0.25, 0.3) is 0 Å². The standard InChI is InChI=1S/C24H24BrNO5/c1-4-30-24(28)21-13(2)26-17-11-15(19-6-5-9-31-19)12-18(27)23(17)22(21)14-7-8-20(29-3)16(25)10-14/h5-10,15,22,26H,4,11-12H2,1-3H3/t15-,22-/m1/s1. The first-order chi connectivity index (χ1) is 14.9. The number of rotatable bonds is 5. The van der Waals surface area contributed by atoms with E-state index >= 15 is 0 Å². The van der Waals surface area contributed by atoms with Crippen LogP contribution in [-0.4, -0.2) is 25.5 Å². The van der Waals surface area contributed by atoms with E-state index in [2.05, 4.69) is 21.2 Å². The summed E-state index contributed by atoms with van der Waals surface area (Å²) in [6.45, 7) is 3.88. The molecule has 4 rings (SSSR count). The molecule has 1 aliphatic heterocycles. The van der Waals surface area contributed by atoms with Gasteiger partial charge in [-0.05, 0) is 66.0 Å². The van der Waals surface area contributed by atoms with E-state index in [0.717, 1.165) is 21.5 Å². The molecule has 2 aliphatic rings. The van der Waals surface area contributed by atoms with E-state index < -0.39 is 11.9 Å². The molecule has 1 N–H and O–H groups in total. The fraction of sp³-hybridized carbons (Fsp3) is 0.333. The molecule has 2 aromatic rings. The van der Waals surface area contributed by atoms with Gasteiger partial charge in [0.1, 0.15) is 11.5 Å². The summed E-state index contributed by atoms with van der Waals surface area (Å²) in [5, 5.41) is 3.33. The van der Waals surface area contributed by atoms with Gasteiger partial charge in [-0.3, -0.25) is 4.79 Å². The molecule has 0 saturated heterocycles. The van der Waals surface area contributed by atoms with Crippen LogP contribution in [0.15, 0.2) is 68.0 Å². The summed E-state index contributed by atoms with van der Waals surface area (Å²) in [5.41, 5.74) is 3.44. The number of furan rings is 1. The highest BCUT2D eigenvalue weighted by Crippen LogP contribution is 2.46. The summed E-state index contributed by atoms with van der Waals surface area (Å²) in [6, 6.07) is 9.36. The average molecular weight is 486 g/mol. The Bertz CT molecular complexity index is 1080. The molecule has 162 valence electrons. The third-order valence-electron chi connectivity index (χ3n) is 5.78. The van der Waals surface area contributed by atoms with Gasteiger partial charge < -0.3 is 19.2 Å². The van der Waals surface area contributed by atoms with Crippen molar-refractivity contribution >= 4 is 27.7 Å². The Hall–Kier alpha value is -2.80. The lowest BCUT2D eigenvalue weighted by Gasteiger charge is -2.36. The number of carbonyl (C=O) groups excluding carboxylic acids is 2. The van der Waals surface area contributed by atoms with Crippen molar-refractivity contribution in [2.75, 3.05) is 13.7 Å². The van der Waals surface area contributed by atoms with Gasteiger partial charge in [0.25, 0.3) is 0 Å². The number of hydrogen-bond acceptors (Lipinski definition) is 6. The van der Waals surface area contributed by atoms with Crippen LogP contribution < -0.4 is 10.1 Å². The van der Waals surface area contributed by atoms with Gasteiger partial charge in [-0.15, -0.1) is 0 Å². The van der Waals surface area contributed by atoms with E-state index in [-0.39, 0.29) is 18.3 Å². The number of hydrogen-bond donors (Lipinski definition) is 1. The van der Waals surface area contributed by atoms with Crippen LogP contribution >= 0.6 is 15.9 Å². The predicted molar refractivity (Wildman–Crippen MR) is 119 cm³/mol. The van der Waals surface area contributed by atoms with Crippen molar-refractivity contribution in [3.8, 4) is 5.75 Å². The maximum absolute atomic E-state index is 13.4. The highest BCUT2D eigenvalue weighted by molar-refractivity contribution is 9.10. The largest absolute Gasteiger partial charge is 0.496 e. The zero-order chi connectivity index (χ0) is 22.1. The van der Waals surface area contributed by atoms with Gasteiger partial charge in [-0.1, -0.05) is 6.07 Å². The van der Waals surface area contributed by atoms with Crippen molar-refractivity contribution in [2.24, 2.45) is 0 Å². The summed E-state index contributed by atoms with van der Waals surface area (Å²) in [4.78, 5) is 26.3. The Morgan fingerprint density at radius 1 is 1.29 bits per heavy atom. The lowest BCUT2D eigenvalue weighted by atomic mass is 9.72. The molecule has 0 amide bonds. The molecule has 7 heteroatoms. The van der Waals surface area contributed by atoms with E-state index in [4.69, 9.17) is 13.9 Å². The van der Waals surface area contributed by atoms with Crippen LogP contribution in [0.3, 0.4) is 0 Å². The molecule has 0 bridgehead atoms. The van der Waals surface area contributed by atoms with Gasteiger partial charge in [0.2, 0.25) is 0 Å². The van der Waals surface area contributed by atoms with Crippen molar-refractivity contribution in [1.82, 2.24) is 5.32 Å². The molecule has 6 nitrogen and oxygen atoms in total. The molecule has 0 fully saturated rings. The Kier molecular flexibility index (Phi) is 6.05. The molecule has 0 unspecified atom stereocenters. The number of benzene rings is 1. The Morgan fingerprint density at radius 3 is 2.74 bits per heavy atom. The fourth-order valence-electron chi connectivity index (χ4n) is 4.44. The molecule has 31 heavy (non-hydrogen) atoms. The second-order valence-corrected chi connectivity index (χ2v) is 8.50. The highest BCUT2D eigenvalue weighted by atomic mass is 79.9. The number of nitrogens with one attached hydrogen (secondary N) is 1. The number of esters is 1. The van der Waals surface area contributed by atoms with E-state index in [1.54, 1.807) is 20.3 Å². The van der Waals surface area contributed by atoms with Crippen LogP contribution in [0.2, 0.25) is 0 Å². The summed E-state index contributed by atoms with van der Waals surface area (Å²) < 4.78 is 17.0. The number of carbonyl (C=O) groups is 2. The maximum Gasteiger partial charge on any atom is 0.336 e. The zero-order valence-corrected chi connectivity index (χ0v) is 19.2. The topological polar surface area (TPSA) is 77.8 Å². The van der Waals surface area contributed by atoms with Gasteiger partial charge in [0, 0.05) is 35.2 Å². The highest BCUT2D eigenvalue weighted by Gasteiger charge is 2.42. The van der Waals surface area contributed by atoms with Crippen molar-refractivity contribution < 1.29 is 23.5 Å². The minimum Gasteiger partial charge on any atom is -0.496 e. The molecule has 1 aromatic heterocycles. The monoisotopic (exact) mass is 485 g/mol. The summed E-state index contributed by atoms with van der Waals surface area (Å²) in [7, 11) is 1.60. The lowest BCUT2D eigenvalue weighted by Crippen LogP contribution is -2.36. The first kappa shape index (κ1) is 21.4. The number of ketones is 1. The quantitative estimate of drug-likeness (QED) is 0.602. The third kappa shape index (κ3) is 3.94. The van der Waals surface area contributed by atoms with E-state index in [1.807, 2.05) is 37.3 Å². The van der Waals surface area contributed by atoms with Crippen LogP contribution in [-0.2, 0) is 14.3 Å². The summed E-state index contributed by atoms with van der Waals surface area (Å²) in [6.07, 6.45) is 2.59. The van der Waals surface area contributed by atoms with Gasteiger partial charge in [0.05, 0.1) is 30.0 Å². The van der Waals surface area contributed by atoms with Crippen LogP contribution in [0.5, 0.6) is 5.75 Å². The lowest BCUT2D eigenvalue weighted by molar-refractivity contribution is -0.138. The first-order valence-corrected chi connectivity index (χ1v) is 11.0. The number of halogens is 1. The van der Waals surface area contributed by atoms with E-state index in [9.17, 15) is 9.59 Å². The summed E-state index contributed by atoms with van der Waals surface area (Å²) >= 11 is 3.53. The maximum atomic E-state index is 13.4. The van der Waals surface area contributed by atoms with Crippen molar-refractivity contribution in [2.45, 2.75) is 38.5 Å². The second kappa shape index (κ2) is 8.75. The van der Waals surface area contributed by atoms with Crippen LogP contribution in [0, 0.1) is 0 Å². The Labute approximate surface area is 189 Å². The minimum atomic E-state index is -0.512. The van der Waals surface area contributed by atoms with Crippen molar-refractivity contribution in [3.63, 3.8) is 0 Å². The number of methoxy groups -OCH3 is 1. The number of Topliss-reactive ketones (excluding diaryl/α,β-unsaturated/α-hetero) is 1. The molecule has 2 atom stereocenters. The Morgan fingerprint density at radius 2 is 2.10 bits per heavy atom. The molecule has 0 saturated carbocycles. The smallest absolute Gasteiger partial charge is 0.336 e. The predicted octanol–water partition coefficient (Wildman–Crippen LogP) is 4.98. The van der Waals surface area contributed by atoms with Gasteiger partial charge >= 0.3 is 5.97 Å². The molecular formula is C24H24BrNO5. The molecule has 0 spiro atoms. The van der Waals surface area contributed by atoms with Gasteiger partial charge in [-0.2, -0.15) is 0 Å². The third-order valence-corrected chi connectivity index (χ3v) is 6.40. The molecule has 2 heterocycles. The average Bonchev–Trinajstić information content (AvgIpc) is 3.27. The van der Waals surface area contributed by atoms with Crippen molar-refractivity contribution in [3.05, 3.63) is 74.9 Å². The molecule has 1 aliphatic carbocycles.